The fourth-order valence-electron chi connectivity index (χ4n) is 1.93. The van der Waals surface area contributed by atoms with Crippen molar-refractivity contribution in [1.29, 1.82) is 0 Å². The van der Waals surface area contributed by atoms with Crippen LogP contribution in [0.2, 0.25) is 5.02 Å². The van der Waals surface area contributed by atoms with Crippen molar-refractivity contribution < 1.29 is 22.7 Å². The van der Waals surface area contributed by atoms with Crippen LogP contribution in [0.3, 0.4) is 0 Å². The van der Waals surface area contributed by atoms with Gasteiger partial charge in [-0.2, -0.15) is 13.2 Å². The summed E-state index contributed by atoms with van der Waals surface area (Å²) in [6.07, 6.45) is -4.44. The monoisotopic (exact) mass is 322 g/mol. The van der Waals surface area contributed by atoms with Gasteiger partial charge in [0.1, 0.15) is 0 Å². The summed E-state index contributed by atoms with van der Waals surface area (Å²) in [5.41, 5.74) is -0.524. The molecule has 21 heavy (non-hydrogen) atoms. The van der Waals surface area contributed by atoms with Crippen LogP contribution in [-0.4, -0.2) is 43.7 Å². The fourth-order valence-corrected chi connectivity index (χ4v) is 2.18. The van der Waals surface area contributed by atoms with Crippen LogP contribution < -0.4 is 5.32 Å². The summed E-state index contributed by atoms with van der Waals surface area (Å²) in [4.78, 5) is 13.5. The van der Waals surface area contributed by atoms with Crippen molar-refractivity contribution in [3.8, 4) is 0 Å². The highest BCUT2D eigenvalue weighted by Gasteiger charge is 2.30. The Bertz CT molecular complexity index is 517. The number of hydrogen-bond acceptors (Lipinski definition) is 3. The van der Waals surface area contributed by atoms with Crippen molar-refractivity contribution >= 4 is 23.2 Å². The van der Waals surface area contributed by atoms with E-state index < -0.39 is 11.7 Å². The van der Waals surface area contributed by atoms with Gasteiger partial charge in [0.15, 0.2) is 0 Å². The molecule has 1 aliphatic rings. The summed E-state index contributed by atoms with van der Waals surface area (Å²) in [6.45, 7) is 1.99. The van der Waals surface area contributed by atoms with Crippen LogP contribution >= 0.6 is 11.6 Å². The summed E-state index contributed by atoms with van der Waals surface area (Å²) in [5.74, 6) is -0.144. The third-order valence-electron chi connectivity index (χ3n) is 3.09. The topological polar surface area (TPSA) is 41.6 Å². The van der Waals surface area contributed by atoms with E-state index in [0.29, 0.717) is 32.0 Å². The normalized spacial score (nSPS) is 15.9. The molecule has 1 N–H and O–H groups in total. The standard InChI is InChI=1S/C13H14ClF3N2O2/c14-10-7-9(13(15,16)17)1-2-11(10)18-8-12(20)19-3-5-21-6-4-19/h1-2,7,18H,3-6,8H2. The molecule has 1 saturated heterocycles. The molecule has 2 rings (SSSR count). The van der Waals surface area contributed by atoms with Crippen molar-refractivity contribution in [3.63, 3.8) is 0 Å². The number of anilines is 1. The summed E-state index contributed by atoms with van der Waals surface area (Å²) < 4.78 is 42.6. The fraction of sp³-hybridized carbons (Fsp3) is 0.462. The number of halogens is 4. The lowest BCUT2D eigenvalue weighted by molar-refractivity contribution is -0.137. The molecule has 1 aliphatic heterocycles. The van der Waals surface area contributed by atoms with E-state index in [9.17, 15) is 18.0 Å². The molecule has 1 aromatic rings. The third kappa shape index (κ3) is 4.25. The Labute approximate surface area is 124 Å². The summed E-state index contributed by atoms with van der Waals surface area (Å²) in [6, 6.07) is 2.98. The Morgan fingerprint density at radius 3 is 2.57 bits per heavy atom. The second-order valence-electron chi connectivity index (χ2n) is 4.54. The van der Waals surface area contributed by atoms with Crippen LogP contribution in [0.4, 0.5) is 18.9 Å². The molecule has 8 heteroatoms. The highest BCUT2D eigenvalue weighted by Crippen LogP contribution is 2.33. The maximum absolute atomic E-state index is 12.5. The number of hydrogen-bond donors (Lipinski definition) is 1. The number of nitrogens with one attached hydrogen (secondary N) is 1. The Morgan fingerprint density at radius 1 is 1.33 bits per heavy atom. The number of morpholine rings is 1. The maximum Gasteiger partial charge on any atom is 0.416 e. The first kappa shape index (κ1) is 15.9. The molecule has 0 aliphatic carbocycles. The van der Waals surface area contributed by atoms with Gasteiger partial charge in [-0.05, 0) is 18.2 Å². The molecule has 1 heterocycles. The summed E-state index contributed by atoms with van der Waals surface area (Å²) in [5, 5.41) is 2.69. The van der Waals surface area contributed by atoms with E-state index in [2.05, 4.69) is 5.32 Å². The van der Waals surface area contributed by atoms with E-state index in [1.165, 1.54) is 6.07 Å². The highest BCUT2D eigenvalue weighted by molar-refractivity contribution is 6.33. The summed E-state index contributed by atoms with van der Waals surface area (Å²) in [7, 11) is 0. The first-order valence-corrected chi connectivity index (χ1v) is 6.72. The SMILES string of the molecule is O=C(CNc1ccc(C(F)(F)F)cc1Cl)N1CCOCC1. The van der Waals surface area contributed by atoms with E-state index in [-0.39, 0.29) is 17.5 Å². The van der Waals surface area contributed by atoms with Gasteiger partial charge in [0.05, 0.1) is 36.0 Å². The molecule has 0 radical (unpaired) electrons. The molecular formula is C13H14ClF3N2O2. The van der Waals surface area contributed by atoms with Gasteiger partial charge in [0.25, 0.3) is 0 Å². The lowest BCUT2D eigenvalue weighted by Crippen LogP contribution is -2.43. The molecule has 0 bridgehead atoms. The largest absolute Gasteiger partial charge is 0.416 e. The number of carbonyl (C=O) groups excluding carboxylic acids is 1. The van der Waals surface area contributed by atoms with Gasteiger partial charge in [-0.1, -0.05) is 11.6 Å². The van der Waals surface area contributed by atoms with Gasteiger partial charge in [-0.25, -0.2) is 0 Å². The molecule has 1 aromatic carbocycles. The zero-order valence-electron chi connectivity index (χ0n) is 11.0. The maximum atomic E-state index is 12.5. The quantitative estimate of drug-likeness (QED) is 0.930. The minimum atomic E-state index is -4.44. The van der Waals surface area contributed by atoms with Crippen molar-refractivity contribution in [2.45, 2.75) is 6.18 Å². The first-order chi connectivity index (χ1) is 9.88. The Kier molecular flexibility index (Phi) is 4.95. The van der Waals surface area contributed by atoms with Crippen LogP contribution in [0.1, 0.15) is 5.56 Å². The van der Waals surface area contributed by atoms with Crippen LogP contribution in [0.25, 0.3) is 0 Å². The molecule has 116 valence electrons. The van der Waals surface area contributed by atoms with Crippen molar-refractivity contribution in [1.82, 2.24) is 4.90 Å². The number of carbonyl (C=O) groups is 1. The van der Waals surface area contributed by atoms with E-state index >= 15 is 0 Å². The number of ether oxygens (including phenoxy) is 1. The Balaban J connectivity index is 1.95. The molecule has 1 amide bonds. The van der Waals surface area contributed by atoms with E-state index in [4.69, 9.17) is 16.3 Å². The van der Waals surface area contributed by atoms with Gasteiger partial charge in [0, 0.05) is 13.1 Å². The second kappa shape index (κ2) is 6.53. The van der Waals surface area contributed by atoms with E-state index in [0.717, 1.165) is 12.1 Å². The highest BCUT2D eigenvalue weighted by atomic mass is 35.5. The average molecular weight is 323 g/mol. The molecule has 0 spiro atoms. The molecule has 0 saturated carbocycles. The van der Waals surface area contributed by atoms with Gasteiger partial charge < -0.3 is 15.0 Å². The minimum Gasteiger partial charge on any atom is -0.378 e. The molecular weight excluding hydrogens is 309 g/mol. The van der Waals surface area contributed by atoms with E-state index in [1.54, 1.807) is 4.90 Å². The average Bonchev–Trinajstić information content (AvgIpc) is 2.45. The zero-order chi connectivity index (χ0) is 15.5. The lowest BCUT2D eigenvalue weighted by atomic mass is 10.2. The lowest BCUT2D eigenvalue weighted by Gasteiger charge is -2.27. The van der Waals surface area contributed by atoms with Crippen LogP contribution in [0, 0.1) is 0 Å². The molecule has 0 aromatic heterocycles. The third-order valence-corrected chi connectivity index (χ3v) is 3.40. The van der Waals surface area contributed by atoms with Gasteiger partial charge in [-0.3, -0.25) is 4.79 Å². The predicted octanol–water partition coefficient (Wildman–Crippen LogP) is 2.63. The van der Waals surface area contributed by atoms with Gasteiger partial charge >= 0.3 is 6.18 Å². The number of rotatable bonds is 3. The zero-order valence-corrected chi connectivity index (χ0v) is 11.8. The molecule has 1 fully saturated rings. The van der Waals surface area contributed by atoms with Crippen LogP contribution in [0.15, 0.2) is 18.2 Å². The number of alkyl halides is 3. The number of amides is 1. The Hall–Kier alpha value is -1.47. The smallest absolute Gasteiger partial charge is 0.378 e. The van der Waals surface area contributed by atoms with Crippen LogP contribution in [0.5, 0.6) is 0 Å². The summed E-state index contributed by atoms with van der Waals surface area (Å²) >= 11 is 5.80. The van der Waals surface area contributed by atoms with Gasteiger partial charge in [0.2, 0.25) is 5.91 Å². The minimum absolute atomic E-state index is 0.0227. The number of nitrogens with zero attached hydrogens (tertiary/aromatic N) is 1. The number of benzene rings is 1. The molecule has 4 nitrogen and oxygen atoms in total. The second-order valence-corrected chi connectivity index (χ2v) is 4.95. The first-order valence-electron chi connectivity index (χ1n) is 6.34. The van der Waals surface area contributed by atoms with Crippen LogP contribution in [-0.2, 0) is 15.7 Å². The van der Waals surface area contributed by atoms with E-state index in [1.807, 2.05) is 0 Å². The molecule has 0 atom stereocenters. The van der Waals surface area contributed by atoms with Gasteiger partial charge in [-0.15, -0.1) is 0 Å². The Morgan fingerprint density at radius 2 is 2.00 bits per heavy atom. The van der Waals surface area contributed by atoms with Crippen molar-refractivity contribution in [3.05, 3.63) is 28.8 Å². The van der Waals surface area contributed by atoms with Crippen molar-refractivity contribution in [2.24, 2.45) is 0 Å². The molecule has 0 unspecified atom stereocenters. The predicted molar refractivity (Wildman–Crippen MR) is 72.3 cm³/mol. The van der Waals surface area contributed by atoms with Crippen molar-refractivity contribution in [2.75, 3.05) is 38.2 Å².